The lowest BCUT2D eigenvalue weighted by molar-refractivity contribution is -0.137. The van der Waals surface area contributed by atoms with Crippen LogP contribution in [0.15, 0.2) is 42.5 Å². The molecule has 2 aromatic rings. The van der Waals surface area contributed by atoms with Gasteiger partial charge < -0.3 is 9.64 Å². The Bertz CT molecular complexity index is 957. The maximum Gasteiger partial charge on any atom is 0.417 e. The van der Waals surface area contributed by atoms with E-state index in [4.69, 9.17) is 10.00 Å². The number of rotatable bonds is 6. The Balaban J connectivity index is 1.31. The highest BCUT2D eigenvalue weighted by Crippen LogP contribution is 2.37. The van der Waals surface area contributed by atoms with E-state index in [0.717, 1.165) is 42.5 Å². The number of halogens is 4. The van der Waals surface area contributed by atoms with E-state index in [2.05, 4.69) is 28.1 Å². The molecule has 1 saturated carbocycles. The minimum absolute atomic E-state index is 0.335. The topological polar surface area (TPSA) is 36.3 Å². The third-order valence-corrected chi connectivity index (χ3v) is 7.59. The van der Waals surface area contributed by atoms with Gasteiger partial charge in [0.1, 0.15) is 5.75 Å². The Kier molecular flexibility index (Phi) is 6.99. The number of nitriles is 1. The van der Waals surface area contributed by atoms with Gasteiger partial charge >= 0.3 is 6.18 Å². The Morgan fingerprint density at radius 3 is 2.31 bits per heavy atom. The van der Waals surface area contributed by atoms with Crippen LogP contribution >= 0.6 is 15.9 Å². The van der Waals surface area contributed by atoms with Gasteiger partial charge in [-0.05, 0) is 79.3 Å². The highest BCUT2D eigenvalue weighted by Gasteiger charge is 2.34. The largest absolute Gasteiger partial charge is 0.493 e. The quantitative estimate of drug-likeness (QED) is 0.406. The number of ether oxygens (including phenoxy) is 1. The average Bonchev–Trinajstić information content (AvgIpc) is 2.78. The first-order valence-corrected chi connectivity index (χ1v) is 12.1. The van der Waals surface area contributed by atoms with Crippen LogP contribution < -0.4 is 9.64 Å². The lowest BCUT2D eigenvalue weighted by Gasteiger charge is -2.34. The maximum absolute atomic E-state index is 13.3. The van der Waals surface area contributed by atoms with Gasteiger partial charge in [-0.25, -0.2) is 0 Å². The molecule has 2 aliphatic rings. The number of hydrogen-bond acceptors (Lipinski definition) is 3. The summed E-state index contributed by atoms with van der Waals surface area (Å²) in [6.07, 6.45) is -0.330. The second-order valence-electron chi connectivity index (χ2n) is 8.84. The van der Waals surface area contributed by atoms with E-state index in [-0.39, 0.29) is 5.56 Å². The summed E-state index contributed by atoms with van der Waals surface area (Å²) in [6, 6.07) is 13.9. The number of piperidine rings is 1. The third kappa shape index (κ3) is 5.23. The summed E-state index contributed by atoms with van der Waals surface area (Å²) in [5.74, 6) is 2.72. The molecule has 2 aromatic carbocycles. The van der Waals surface area contributed by atoms with E-state index in [1.165, 1.54) is 24.5 Å². The molecule has 32 heavy (non-hydrogen) atoms. The van der Waals surface area contributed by atoms with Gasteiger partial charge in [-0.15, -0.1) is 0 Å². The Morgan fingerprint density at radius 2 is 1.72 bits per heavy atom. The van der Waals surface area contributed by atoms with Crippen molar-refractivity contribution in [3.05, 3.63) is 59.2 Å². The maximum atomic E-state index is 13.3. The van der Waals surface area contributed by atoms with E-state index < -0.39 is 11.7 Å². The fourth-order valence-electron chi connectivity index (χ4n) is 4.72. The molecule has 0 bridgehead atoms. The van der Waals surface area contributed by atoms with Crippen molar-refractivity contribution in [2.75, 3.05) is 29.9 Å². The van der Waals surface area contributed by atoms with E-state index in [9.17, 15) is 13.2 Å². The van der Waals surface area contributed by atoms with E-state index in [1.54, 1.807) is 12.1 Å². The highest BCUT2D eigenvalue weighted by molar-refractivity contribution is 9.09. The number of hydrogen-bond donors (Lipinski definition) is 0. The predicted molar refractivity (Wildman–Crippen MR) is 122 cm³/mol. The number of alkyl halides is 4. The molecule has 0 unspecified atom stereocenters. The van der Waals surface area contributed by atoms with Crippen molar-refractivity contribution < 1.29 is 17.9 Å². The van der Waals surface area contributed by atoms with Crippen LogP contribution in [-0.4, -0.2) is 25.0 Å². The van der Waals surface area contributed by atoms with E-state index >= 15 is 0 Å². The zero-order chi connectivity index (χ0) is 22.7. The van der Waals surface area contributed by atoms with Crippen LogP contribution in [0.4, 0.5) is 18.9 Å². The first-order chi connectivity index (χ1) is 15.4. The fraction of sp³-hybridized carbons (Fsp3) is 0.480. The predicted octanol–water partition coefficient (Wildman–Crippen LogP) is 6.76. The average molecular weight is 507 g/mol. The zero-order valence-electron chi connectivity index (χ0n) is 17.7. The minimum atomic E-state index is -4.53. The Labute approximate surface area is 195 Å². The second-order valence-corrected chi connectivity index (χ2v) is 9.49. The fourth-order valence-corrected chi connectivity index (χ4v) is 5.25. The number of benzene rings is 2. The molecular formula is C25H26BrF3N2O. The molecule has 0 aromatic heterocycles. The first-order valence-electron chi connectivity index (χ1n) is 11.0. The number of nitrogens with zero attached hydrogens (tertiary/aromatic N) is 2. The summed E-state index contributed by atoms with van der Waals surface area (Å²) in [5.41, 5.74) is 0.575. The Hall–Kier alpha value is -2.20. The van der Waals surface area contributed by atoms with Crippen molar-refractivity contribution in [3.63, 3.8) is 0 Å². The second kappa shape index (κ2) is 9.74. The van der Waals surface area contributed by atoms with Crippen LogP contribution in [0.3, 0.4) is 0 Å². The van der Waals surface area contributed by atoms with Crippen LogP contribution in [0.1, 0.15) is 48.3 Å². The van der Waals surface area contributed by atoms with Crippen LogP contribution in [-0.2, 0) is 6.18 Å². The van der Waals surface area contributed by atoms with Gasteiger partial charge in [0.15, 0.2) is 0 Å². The van der Waals surface area contributed by atoms with Crippen molar-refractivity contribution in [1.29, 1.82) is 5.26 Å². The van der Waals surface area contributed by atoms with Crippen molar-refractivity contribution in [2.24, 2.45) is 11.8 Å². The van der Waals surface area contributed by atoms with Gasteiger partial charge in [0.2, 0.25) is 0 Å². The summed E-state index contributed by atoms with van der Waals surface area (Å²) in [4.78, 5) is 1.98. The van der Waals surface area contributed by atoms with Gasteiger partial charge in [0.05, 0.1) is 23.8 Å². The molecule has 170 valence electrons. The molecule has 0 N–H and O–H groups in total. The normalized spacial score (nSPS) is 21.7. The Morgan fingerprint density at radius 1 is 1.03 bits per heavy atom. The summed E-state index contributed by atoms with van der Waals surface area (Å²) >= 11 is 3.53. The van der Waals surface area contributed by atoms with E-state index in [0.29, 0.717) is 30.6 Å². The highest BCUT2D eigenvalue weighted by atomic mass is 79.9. The van der Waals surface area contributed by atoms with Crippen molar-refractivity contribution >= 4 is 21.6 Å². The van der Waals surface area contributed by atoms with Gasteiger partial charge in [-0.1, -0.05) is 28.1 Å². The monoisotopic (exact) mass is 506 g/mol. The summed E-state index contributed by atoms with van der Waals surface area (Å²) in [6.45, 7) is 2.14. The molecule has 0 amide bonds. The van der Waals surface area contributed by atoms with Gasteiger partial charge in [0.25, 0.3) is 0 Å². The lowest BCUT2D eigenvalue weighted by Crippen LogP contribution is -2.33. The lowest BCUT2D eigenvalue weighted by atomic mass is 9.77. The summed E-state index contributed by atoms with van der Waals surface area (Å²) in [7, 11) is 0. The molecule has 0 atom stereocenters. The molecule has 7 heteroatoms. The summed E-state index contributed by atoms with van der Waals surface area (Å²) < 4.78 is 45.8. The van der Waals surface area contributed by atoms with Gasteiger partial charge in [-0.3, -0.25) is 0 Å². The minimum Gasteiger partial charge on any atom is -0.493 e. The molecule has 1 heterocycles. The molecule has 1 aliphatic heterocycles. The molecule has 3 nitrogen and oxygen atoms in total. The van der Waals surface area contributed by atoms with Crippen LogP contribution in [0.25, 0.3) is 0 Å². The molecule has 4 rings (SSSR count). The summed E-state index contributed by atoms with van der Waals surface area (Å²) in [5, 5.41) is 10.1. The number of anilines is 1. The molecule has 0 radical (unpaired) electrons. The molecule has 1 saturated heterocycles. The molecular weight excluding hydrogens is 481 g/mol. The SMILES string of the molecule is N#Cc1ccc(N2CCC(c3ccc(OCC4CC(CBr)C4)cc3)CC2)cc1C(F)(F)F. The third-order valence-electron chi connectivity index (χ3n) is 6.68. The zero-order valence-corrected chi connectivity index (χ0v) is 19.3. The van der Waals surface area contributed by atoms with Crippen LogP contribution in [0.2, 0.25) is 0 Å². The van der Waals surface area contributed by atoms with Gasteiger partial charge in [-0.2, -0.15) is 18.4 Å². The molecule has 2 fully saturated rings. The van der Waals surface area contributed by atoms with Gasteiger partial charge in [0, 0.05) is 24.1 Å². The molecule has 0 spiro atoms. The van der Waals surface area contributed by atoms with Crippen molar-refractivity contribution in [1.82, 2.24) is 0 Å². The first kappa shape index (κ1) is 23.0. The van der Waals surface area contributed by atoms with Crippen molar-refractivity contribution in [2.45, 2.75) is 37.8 Å². The van der Waals surface area contributed by atoms with Crippen molar-refractivity contribution in [3.8, 4) is 11.8 Å². The smallest absolute Gasteiger partial charge is 0.417 e. The van der Waals surface area contributed by atoms with Crippen LogP contribution in [0, 0.1) is 23.2 Å². The molecule has 1 aliphatic carbocycles. The standard InChI is InChI=1S/C25H26BrF3N2O/c26-14-17-11-18(12-17)16-32-23-5-2-19(3-6-23)20-7-9-31(10-8-20)22-4-1-21(15-30)24(13-22)25(27,28)29/h1-6,13,17-18,20H,7-12,14,16H2. The van der Waals surface area contributed by atoms with E-state index in [1.807, 2.05) is 17.0 Å². The van der Waals surface area contributed by atoms with Crippen LogP contribution in [0.5, 0.6) is 5.75 Å².